The Kier molecular flexibility index (Phi) is 4.28. The maximum atomic E-state index is 12.8. The topological polar surface area (TPSA) is 85.0 Å². The van der Waals surface area contributed by atoms with Crippen LogP contribution in [-0.4, -0.2) is 50.3 Å². The highest BCUT2D eigenvalue weighted by molar-refractivity contribution is 5.90. The highest BCUT2D eigenvalue weighted by Gasteiger charge is 2.34. The molecule has 0 radical (unpaired) electrons. The average molecular weight is 352 g/mol. The van der Waals surface area contributed by atoms with Gasteiger partial charge in [0.2, 0.25) is 5.91 Å². The highest BCUT2D eigenvalue weighted by atomic mass is 16.3. The molecular weight excluding hydrogens is 328 g/mol. The Morgan fingerprint density at radius 1 is 1.31 bits per heavy atom. The van der Waals surface area contributed by atoms with Crippen molar-refractivity contribution in [3.05, 3.63) is 53.0 Å². The summed E-state index contributed by atoms with van der Waals surface area (Å²) in [6, 6.07) is 10.0. The Hall–Kier alpha value is -2.60. The van der Waals surface area contributed by atoms with Gasteiger partial charge in [-0.2, -0.15) is 5.10 Å². The van der Waals surface area contributed by atoms with Crippen molar-refractivity contribution in [1.29, 1.82) is 0 Å². The number of aromatic nitrogens is 3. The summed E-state index contributed by atoms with van der Waals surface area (Å²) in [6.45, 7) is 4.94. The zero-order chi connectivity index (χ0) is 18.3. The number of aliphatic hydroxyl groups excluding tert-OH is 1. The van der Waals surface area contributed by atoms with Crippen LogP contribution in [0.3, 0.4) is 0 Å². The molecule has 1 amide bonds. The number of para-hydroxylation sites is 1. The first-order valence-corrected chi connectivity index (χ1v) is 9.04. The number of rotatable bonds is 4. The number of aryl methyl sites for hydroxylation is 2. The molecule has 6 nitrogen and oxygen atoms in total. The van der Waals surface area contributed by atoms with E-state index in [1.165, 1.54) is 0 Å². The number of carbonyl (C=O) groups excluding carboxylic acids is 1. The summed E-state index contributed by atoms with van der Waals surface area (Å²) in [5.74, 6) is 0.100. The lowest BCUT2D eigenvalue weighted by Gasteiger charge is -2.16. The van der Waals surface area contributed by atoms with Crippen LogP contribution < -0.4 is 0 Å². The van der Waals surface area contributed by atoms with Crippen molar-refractivity contribution in [2.45, 2.75) is 32.8 Å². The molecule has 0 saturated carbocycles. The van der Waals surface area contributed by atoms with Crippen LogP contribution in [0.1, 0.15) is 22.6 Å². The summed E-state index contributed by atoms with van der Waals surface area (Å²) in [6.07, 6.45) is 0.540. The Morgan fingerprint density at radius 2 is 2.12 bits per heavy atom. The molecule has 2 atom stereocenters. The van der Waals surface area contributed by atoms with Gasteiger partial charge in [-0.3, -0.25) is 9.89 Å². The summed E-state index contributed by atoms with van der Waals surface area (Å²) in [5.41, 5.74) is 5.08. The number of hydrogen-bond donors (Lipinski definition) is 3. The number of hydrogen-bond acceptors (Lipinski definition) is 3. The van der Waals surface area contributed by atoms with Gasteiger partial charge < -0.3 is 15.0 Å². The van der Waals surface area contributed by atoms with Gasteiger partial charge in [0.1, 0.15) is 0 Å². The van der Waals surface area contributed by atoms with Crippen molar-refractivity contribution in [3.63, 3.8) is 0 Å². The lowest BCUT2D eigenvalue weighted by Crippen LogP contribution is -2.31. The van der Waals surface area contributed by atoms with Crippen LogP contribution in [0.25, 0.3) is 10.9 Å². The monoisotopic (exact) mass is 352 g/mol. The zero-order valence-electron chi connectivity index (χ0n) is 15.1. The number of nitrogens with zero attached hydrogens (tertiary/aromatic N) is 2. The van der Waals surface area contributed by atoms with Crippen LogP contribution in [0, 0.1) is 19.8 Å². The van der Waals surface area contributed by atoms with E-state index in [1.807, 2.05) is 44.2 Å². The van der Waals surface area contributed by atoms with E-state index < -0.39 is 6.10 Å². The maximum Gasteiger partial charge on any atom is 0.227 e. The number of β-amino-alcohol motifs (C(OH)–C–C–N with tert-alkyl or cyclic N) is 1. The van der Waals surface area contributed by atoms with E-state index in [4.69, 9.17) is 0 Å². The summed E-state index contributed by atoms with van der Waals surface area (Å²) in [4.78, 5) is 18.0. The smallest absolute Gasteiger partial charge is 0.227 e. The Bertz CT molecular complexity index is 942. The van der Waals surface area contributed by atoms with Crippen molar-refractivity contribution in [2.24, 2.45) is 5.92 Å². The van der Waals surface area contributed by atoms with Crippen LogP contribution >= 0.6 is 0 Å². The van der Waals surface area contributed by atoms with Crippen molar-refractivity contribution in [1.82, 2.24) is 20.1 Å². The van der Waals surface area contributed by atoms with E-state index in [-0.39, 0.29) is 11.8 Å². The number of aromatic amines is 2. The molecule has 3 heterocycles. The molecule has 1 aliphatic rings. The van der Waals surface area contributed by atoms with Gasteiger partial charge in [0, 0.05) is 41.3 Å². The largest absolute Gasteiger partial charge is 0.391 e. The van der Waals surface area contributed by atoms with E-state index in [0.717, 1.165) is 33.5 Å². The van der Waals surface area contributed by atoms with Crippen molar-refractivity contribution < 1.29 is 9.90 Å². The van der Waals surface area contributed by atoms with Crippen LogP contribution in [-0.2, 0) is 17.6 Å². The molecule has 0 spiro atoms. The second kappa shape index (κ2) is 6.61. The molecule has 1 aromatic carbocycles. The number of carbonyl (C=O) groups is 1. The molecule has 4 rings (SSSR count). The minimum atomic E-state index is -0.500. The molecule has 1 fully saturated rings. The van der Waals surface area contributed by atoms with Gasteiger partial charge in [0.05, 0.1) is 18.2 Å². The summed E-state index contributed by atoms with van der Waals surface area (Å²) in [5, 5.41) is 18.7. The summed E-state index contributed by atoms with van der Waals surface area (Å²) in [7, 11) is 0. The number of H-pyrrole nitrogens is 2. The van der Waals surface area contributed by atoms with Gasteiger partial charge in [-0.25, -0.2) is 0 Å². The number of nitrogens with one attached hydrogen (secondary N) is 2. The maximum absolute atomic E-state index is 12.8. The SMILES string of the molecule is Cc1cc(C[C@@H]2CN(C(=O)Cc3c(C)[nH]c4ccccc34)C[C@H]2O)n[nH]1. The fourth-order valence-electron chi connectivity index (χ4n) is 3.93. The standard InChI is InChI=1S/C20H24N4O2/c1-12-7-15(23-22-12)8-14-10-24(11-19(14)25)20(26)9-17-13(2)21-18-6-4-3-5-16(17)18/h3-7,14,19,21,25H,8-11H2,1-2H3,(H,22,23)/t14-,19-/m1/s1. The molecule has 1 aliphatic heterocycles. The predicted molar refractivity (Wildman–Crippen MR) is 99.8 cm³/mol. The second-order valence-electron chi connectivity index (χ2n) is 7.32. The molecule has 3 aromatic rings. The number of amides is 1. The van der Waals surface area contributed by atoms with Crippen LogP contribution in [0.15, 0.2) is 30.3 Å². The molecule has 1 saturated heterocycles. The Balaban J connectivity index is 1.46. The summed E-state index contributed by atoms with van der Waals surface area (Å²) >= 11 is 0. The fourth-order valence-corrected chi connectivity index (χ4v) is 3.93. The highest BCUT2D eigenvalue weighted by Crippen LogP contribution is 2.25. The first-order valence-electron chi connectivity index (χ1n) is 9.04. The van der Waals surface area contributed by atoms with E-state index >= 15 is 0 Å². The van der Waals surface area contributed by atoms with Gasteiger partial charge in [-0.05, 0) is 38.0 Å². The van der Waals surface area contributed by atoms with Gasteiger partial charge in [0.15, 0.2) is 0 Å². The Morgan fingerprint density at radius 3 is 2.88 bits per heavy atom. The molecule has 0 aliphatic carbocycles. The third-order valence-corrected chi connectivity index (χ3v) is 5.34. The van der Waals surface area contributed by atoms with Crippen LogP contribution in [0.4, 0.5) is 0 Å². The van der Waals surface area contributed by atoms with E-state index in [1.54, 1.807) is 4.90 Å². The quantitative estimate of drug-likeness (QED) is 0.672. The van der Waals surface area contributed by atoms with Gasteiger partial charge >= 0.3 is 0 Å². The molecule has 136 valence electrons. The first kappa shape index (κ1) is 16.8. The molecule has 6 heteroatoms. The van der Waals surface area contributed by atoms with Crippen molar-refractivity contribution >= 4 is 16.8 Å². The normalized spacial score (nSPS) is 20.2. The number of fused-ring (bicyclic) bond motifs is 1. The first-order chi connectivity index (χ1) is 12.5. The summed E-state index contributed by atoms with van der Waals surface area (Å²) < 4.78 is 0. The van der Waals surface area contributed by atoms with Crippen molar-refractivity contribution in [3.8, 4) is 0 Å². The van der Waals surface area contributed by atoms with Gasteiger partial charge in [-0.1, -0.05) is 18.2 Å². The molecule has 0 unspecified atom stereocenters. The van der Waals surface area contributed by atoms with E-state index in [0.29, 0.717) is 25.9 Å². The third-order valence-electron chi connectivity index (χ3n) is 5.34. The molecule has 26 heavy (non-hydrogen) atoms. The average Bonchev–Trinajstić information content (AvgIpc) is 3.27. The molecular formula is C20H24N4O2. The fraction of sp³-hybridized carbons (Fsp3) is 0.400. The number of aliphatic hydroxyl groups is 1. The second-order valence-corrected chi connectivity index (χ2v) is 7.32. The minimum absolute atomic E-state index is 0.0331. The zero-order valence-corrected chi connectivity index (χ0v) is 15.1. The lowest BCUT2D eigenvalue weighted by molar-refractivity contribution is -0.129. The molecule has 3 N–H and O–H groups in total. The third kappa shape index (κ3) is 3.12. The van der Waals surface area contributed by atoms with Crippen LogP contribution in [0.2, 0.25) is 0 Å². The van der Waals surface area contributed by atoms with Gasteiger partial charge in [0.25, 0.3) is 0 Å². The minimum Gasteiger partial charge on any atom is -0.391 e. The van der Waals surface area contributed by atoms with Gasteiger partial charge in [-0.15, -0.1) is 0 Å². The lowest BCUT2D eigenvalue weighted by atomic mass is 10.00. The van der Waals surface area contributed by atoms with Crippen LogP contribution in [0.5, 0.6) is 0 Å². The number of likely N-dealkylation sites (tertiary alicyclic amines) is 1. The van der Waals surface area contributed by atoms with Crippen molar-refractivity contribution in [2.75, 3.05) is 13.1 Å². The molecule has 2 aromatic heterocycles. The van der Waals surface area contributed by atoms with E-state index in [9.17, 15) is 9.90 Å². The number of benzene rings is 1. The predicted octanol–water partition coefficient (Wildman–Crippen LogP) is 2.11. The Labute approximate surface area is 152 Å². The molecule has 0 bridgehead atoms. The van der Waals surface area contributed by atoms with E-state index in [2.05, 4.69) is 15.2 Å².